The van der Waals surface area contributed by atoms with Gasteiger partial charge in [-0.25, -0.2) is 9.78 Å². The summed E-state index contributed by atoms with van der Waals surface area (Å²) < 4.78 is 5.03. The predicted octanol–water partition coefficient (Wildman–Crippen LogP) is 2.54. The van der Waals surface area contributed by atoms with E-state index < -0.39 is 0 Å². The van der Waals surface area contributed by atoms with Crippen molar-refractivity contribution in [2.45, 2.75) is 40.2 Å². The Morgan fingerprint density at radius 1 is 1.47 bits per heavy atom. The van der Waals surface area contributed by atoms with Crippen molar-refractivity contribution in [1.82, 2.24) is 4.98 Å². The highest BCUT2D eigenvalue weighted by molar-refractivity contribution is 7.13. The molecule has 4 nitrogen and oxygen atoms in total. The van der Waals surface area contributed by atoms with E-state index in [0.717, 1.165) is 17.1 Å². The van der Waals surface area contributed by atoms with Crippen LogP contribution in [0.2, 0.25) is 0 Å². The highest BCUT2D eigenvalue weighted by atomic mass is 32.1. The first-order chi connectivity index (χ1) is 7.95. The summed E-state index contributed by atoms with van der Waals surface area (Å²) in [5, 5.41) is 0.795. The lowest BCUT2D eigenvalue weighted by Crippen LogP contribution is -2.07. The van der Waals surface area contributed by atoms with Crippen LogP contribution in [0.3, 0.4) is 0 Å². The minimum Gasteiger partial charge on any atom is -0.462 e. The van der Waals surface area contributed by atoms with Gasteiger partial charge in [0.05, 0.1) is 18.3 Å². The monoisotopic (exact) mass is 256 g/mol. The van der Waals surface area contributed by atoms with Gasteiger partial charge in [0.1, 0.15) is 9.88 Å². The first kappa shape index (κ1) is 14.1. The zero-order valence-corrected chi connectivity index (χ0v) is 11.6. The summed E-state index contributed by atoms with van der Waals surface area (Å²) in [7, 11) is 0. The number of nitrogens with zero attached hydrogens (tertiary/aromatic N) is 1. The van der Waals surface area contributed by atoms with Gasteiger partial charge < -0.3 is 10.5 Å². The molecule has 1 aromatic rings. The largest absolute Gasteiger partial charge is 0.462 e. The molecule has 0 aliphatic carbocycles. The molecule has 1 unspecified atom stereocenters. The van der Waals surface area contributed by atoms with Gasteiger partial charge in [-0.2, -0.15) is 0 Å². The molecule has 1 aromatic heterocycles. The van der Waals surface area contributed by atoms with Crippen LogP contribution in [-0.2, 0) is 11.2 Å². The summed E-state index contributed by atoms with van der Waals surface area (Å²) in [6.45, 7) is 8.24. The van der Waals surface area contributed by atoms with Gasteiger partial charge in [0, 0.05) is 0 Å². The lowest BCUT2D eigenvalue weighted by Gasteiger charge is -2.04. The number of ether oxygens (including phenoxy) is 1. The van der Waals surface area contributed by atoms with Crippen molar-refractivity contribution >= 4 is 17.3 Å². The van der Waals surface area contributed by atoms with E-state index in [9.17, 15) is 4.79 Å². The number of carbonyl (C=O) groups is 1. The van der Waals surface area contributed by atoms with Gasteiger partial charge in [-0.15, -0.1) is 11.3 Å². The quantitative estimate of drug-likeness (QED) is 0.822. The van der Waals surface area contributed by atoms with Crippen LogP contribution in [0.1, 0.15) is 54.1 Å². The molecule has 0 amide bonds. The van der Waals surface area contributed by atoms with E-state index in [1.165, 1.54) is 11.3 Å². The van der Waals surface area contributed by atoms with Gasteiger partial charge in [0.15, 0.2) is 0 Å². The molecule has 0 aliphatic heterocycles. The number of aromatic nitrogens is 1. The number of hydrogen-bond acceptors (Lipinski definition) is 5. The molecule has 0 aromatic carbocycles. The molecular weight excluding hydrogens is 236 g/mol. The Kier molecular flexibility index (Phi) is 5.08. The van der Waals surface area contributed by atoms with E-state index in [0.29, 0.717) is 17.4 Å². The van der Waals surface area contributed by atoms with Crippen LogP contribution >= 0.6 is 11.3 Å². The molecule has 0 saturated heterocycles. The van der Waals surface area contributed by atoms with E-state index in [1.807, 2.05) is 6.92 Å². The van der Waals surface area contributed by atoms with Crippen LogP contribution in [0.15, 0.2) is 0 Å². The van der Waals surface area contributed by atoms with Crippen molar-refractivity contribution in [3.8, 4) is 0 Å². The van der Waals surface area contributed by atoms with Gasteiger partial charge in [-0.1, -0.05) is 13.8 Å². The summed E-state index contributed by atoms with van der Waals surface area (Å²) in [4.78, 5) is 16.8. The fraction of sp³-hybridized carbons (Fsp3) is 0.667. The Hall–Kier alpha value is -0.940. The maximum atomic E-state index is 11.8. The van der Waals surface area contributed by atoms with Gasteiger partial charge in [-0.05, 0) is 26.2 Å². The summed E-state index contributed by atoms with van der Waals surface area (Å²) in [5.74, 6) is 0.166. The standard InChI is InChI=1S/C12H20N2O2S/c1-5-16-12(15)10-9(6-7(2)3)14-11(17-10)8(4)13/h7-8H,5-6,13H2,1-4H3. The van der Waals surface area contributed by atoms with Crippen molar-refractivity contribution in [1.29, 1.82) is 0 Å². The molecule has 0 radical (unpaired) electrons. The zero-order chi connectivity index (χ0) is 13.0. The summed E-state index contributed by atoms with van der Waals surface area (Å²) in [6.07, 6.45) is 0.775. The normalized spacial score (nSPS) is 12.8. The van der Waals surface area contributed by atoms with E-state index in [4.69, 9.17) is 10.5 Å². The molecule has 5 heteroatoms. The molecular formula is C12H20N2O2S. The van der Waals surface area contributed by atoms with Gasteiger partial charge in [-0.3, -0.25) is 0 Å². The molecule has 0 spiro atoms. The van der Waals surface area contributed by atoms with Crippen molar-refractivity contribution in [3.05, 3.63) is 15.6 Å². The summed E-state index contributed by atoms with van der Waals surface area (Å²) >= 11 is 1.35. The van der Waals surface area contributed by atoms with Gasteiger partial charge in [0.2, 0.25) is 0 Å². The number of rotatable bonds is 5. The Morgan fingerprint density at radius 2 is 2.12 bits per heavy atom. The van der Waals surface area contributed by atoms with E-state index in [2.05, 4.69) is 18.8 Å². The Bertz CT molecular complexity index is 386. The summed E-state index contributed by atoms with van der Waals surface area (Å²) in [5.41, 5.74) is 6.61. The first-order valence-electron chi connectivity index (χ1n) is 5.88. The van der Waals surface area contributed by atoms with Crippen molar-refractivity contribution in [2.24, 2.45) is 11.7 Å². The molecule has 0 fully saturated rings. The van der Waals surface area contributed by atoms with Crippen molar-refractivity contribution in [3.63, 3.8) is 0 Å². The van der Waals surface area contributed by atoms with Crippen molar-refractivity contribution in [2.75, 3.05) is 6.61 Å². The van der Waals surface area contributed by atoms with Crippen LogP contribution in [0.25, 0.3) is 0 Å². The second-order valence-electron chi connectivity index (χ2n) is 4.44. The number of thiazole rings is 1. The highest BCUT2D eigenvalue weighted by Gasteiger charge is 2.20. The molecule has 0 saturated carbocycles. The van der Waals surface area contributed by atoms with Crippen molar-refractivity contribution < 1.29 is 9.53 Å². The fourth-order valence-electron chi connectivity index (χ4n) is 1.45. The topological polar surface area (TPSA) is 65.2 Å². The SMILES string of the molecule is CCOC(=O)c1sc(C(C)N)nc1CC(C)C. The maximum absolute atomic E-state index is 11.8. The first-order valence-corrected chi connectivity index (χ1v) is 6.69. The molecule has 0 bridgehead atoms. The molecule has 2 N–H and O–H groups in total. The summed E-state index contributed by atoms with van der Waals surface area (Å²) in [6, 6.07) is -0.144. The molecule has 1 heterocycles. The lowest BCUT2D eigenvalue weighted by atomic mass is 10.1. The van der Waals surface area contributed by atoms with E-state index >= 15 is 0 Å². The predicted molar refractivity (Wildman–Crippen MR) is 69.2 cm³/mol. The van der Waals surface area contributed by atoms with Crippen LogP contribution in [0, 0.1) is 5.92 Å². The van der Waals surface area contributed by atoms with Crippen LogP contribution < -0.4 is 5.73 Å². The second-order valence-corrected chi connectivity index (χ2v) is 5.47. The third kappa shape index (κ3) is 3.78. The Morgan fingerprint density at radius 3 is 2.59 bits per heavy atom. The fourth-order valence-corrected chi connectivity index (χ4v) is 2.39. The molecule has 96 valence electrons. The zero-order valence-electron chi connectivity index (χ0n) is 10.8. The molecule has 0 aliphatic rings. The highest BCUT2D eigenvalue weighted by Crippen LogP contribution is 2.25. The average molecular weight is 256 g/mol. The second kappa shape index (κ2) is 6.12. The number of nitrogens with two attached hydrogens (primary N) is 1. The smallest absolute Gasteiger partial charge is 0.350 e. The minimum absolute atomic E-state index is 0.144. The number of esters is 1. The number of carbonyl (C=O) groups excluding carboxylic acids is 1. The van der Waals surface area contributed by atoms with Crippen LogP contribution in [0.4, 0.5) is 0 Å². The molecule has 1 rings (SSSR count). The maximum Gasteiger partial charge on any atom is 0.350 e. The Labute approximate surface area is 106 Å². The minimum atomic E-state index is -0.285. The third-order valence-corrected chi connectivity index (χ3v) is 3.44. The van der Waals surface area contributed by atoms with Gasteiger partial charge in [0.25, 0.3) is 0 Å². The van der Waals surface area contributed by atoms with Crippen LogP contribution in [0.5, 0.6) is 0 Å². The molecule has 17 heavy (non-hydrogen) atoms. The Balaban J connectivity index is 3.02. The van der Waals surface area contributed by atoms with E-state index in [1.54, 1.807) is 6.92 Å². The molecule has 1 atom stereocenters. The van der Waals surface area contributed by atoms with Crippen LogP contribution in [-0.4, -0.2) is 17.6 Å². The lowest BCUT2D eigenvalue weighted by molar-refractivity contribution is 0.0530. The third-order valence-electron chi connectivity index (χ3n) is 2.17. The average Bonchev–Trinajstić information content (AvgIpc) is 2.61. The number of hydrogen-bond donors (Lipinski definition) is 1. The van der Waals surface area contributed by atoms with Gasteiger partial charge >= 0.3 is 5.97 Å². The van der Waals surface area contributed by atoms with E-state index in [-0.39, 0.29) is 12.0 Å².